The fourth-order valence-electron chi connectivity index (χ4n) is 2.66. The molecule has 0 aliphatic heterocycles. The van der Waals surface area contributed by atoms with E-state index in [2.05, 4.69) is 35.8 Å². The van der Waals surface area contributed by atoms with Crippen LogP contribution in [0.25, 0.3) is 0 Å². The molecule has 0 aromatic heterocycles. The van der Waals surface area contributed by atoms with Gasteiger partial charge in [-0.2, -0.15) is 0 Å². The van der Waals surface area contributed by atoms with Crippen LogP contribution >= 0.6 is 0 Å². The first-order valence-electron chi connectivity index (χ1n) is 8.73. The summed E-state index contributed by atoms with van der Waals surface area (Å²) in [6, 6.07) is 16.2. The maximum Gasteiger partial charge on any atom is 0.224 e. The molecule has 4 nitrogen and oxygen atoms in total. The minimum absolute atomic E-state index is 0.0300. The molecule has 0 bridgehead atoms. The zero-order valence-electron chi connectivity index (χ0n) is 15.5. The van der Waals surface area contributed by atoms with Gasteiger partial charge in [-0.3, -0.25) is 4.79 Å². The van der Waals surface area contributed by atoms with Gasteiger partial charge in [-0.1, -0.05) is 48.9 Å². The molecule has 0 aliphatic rings. The first kappa shape index (κ1) is 19.0. The second kappa shape index (κ2) is 9.23. The Kier molecular flexibility index (Phi) is 7.02. The van der Waals surface area contributed by atoms with Crippen molar-refractivity contribution in [2.45, 2.75) is 33.4 Å². The lowest BCUT2D eigenvalue weighted by molar-refractivity contribution is -0.125. The molecular weight excluding hydrogens is 312 g/mol. The Labute approximate surface area is 150 Å². The third-order valence-corrected chi connectivity index (χ3v) is 4.18. The Balaban J connectivity index is 1.89. The molecule has 0 fully saturated rings. The second-order valence-corrected chi connectivity index (χ2v) is 6.54. The van der Waals surface area contributed by atoms with Crippen LogP contribution in [0.1, 0.15) is 36.6 Å². The minimum Gasteiger partial charge on any atom is -0.489 e. The fraction of sp³-hybridized carbons (Fsp3) is 0.381. The maximum atomic E-state index is 12.1. The predicted molar refractivity (Wildman–Crippen MR) is 102 cm³/mol. The zero-order valence-corrected chi connectivity index (χ0v) is 15.5. The van der Waals surface area contributed by atoms with Gasteiger partial charge < -0.3 is 15.4 Å². The number of hydrogen-bond acceptors (Lipinski definition) is 3. The second-order valence-electron chi connectivity index (χ2n) is 6.54. The molecule has 0 radical (unpaired) electrons. The summed E-state index contributed by atoms with van der Waals surface area (Å²) in [6.07, 6.45) is 0. The van der Waals surface area contributed by atoms with E-state index >= 15 is 0 Å². The molecule has 2 rings (SSSR count). The molecule has 0 aliphatic carbocycles. The Bertz CT molecular complexity index is 683. The summed E-state index contributed by atoms with van der Waals surface area (Å²) in [7, 11) is 1.85. The lowest BCUT2D eigenvalue weighted by Crippen LogP contribution is -2.35. The van der Waals surface area contributed by atoms with Crippen molar-refractivity contribution in [2.24, 2.45) is 5.92 Å². The molecule has 2 atom stereocenters. The van der Waals surface area contributed by atoms with Crippen molar-refractivity contribution in [3.05, 3.63) is 65.2 Å². The summed E-state index contributed by atoms with van der Waals surface area (Å²) in [5, 5.41) is 6.07. The highest BCUT2D eigenvalue weighted by atomic mass is 16.5. The summed E-state index contributed by atoms with van der Waals surface area (Å²) in [5.74, 6) is 0.832. The largest absolute Gasteiger partial charge is 0.489 e. The molecule has 134 valence electrons. The van der Waals surface area contributed by atoms with Crippen LogP contribution in [0.5, 0.6) is 5.75 Å². The molecule has 2 aromatic carbocycles. The van der Waals surface area contributed by atoms with Gasteiger partial charge in [-0.05, 0) is 44.2 Å². The molecule has 0 saturated carbocycles. The van der Waals surface area contributed by atoms with Crippen molar-refractivity contribution in [2.75, 3.05) is 13.6 Å². The van der Waals surface area contributed by atoms with Crippen LogP contribution in [0, 0.1) is 12.8 Å². The molecular formula is C21H28N2O2. The average Bonchev–Trinajstić information content (AvgIpc) is 2.60. The minimum atomic E-state index is -0.0515. The number of aryl methyl sites for hydroxylation is 1. The summed E-state index contributed by atoms with van der Waals surface area (Å²) < 4.78 is 5.84. The van der Waals surface area contributed by atoms with Crippen molar-refractivity contribution in [1.82, 2.24) is 10.6 Å². The first-order valence-corrected chi connectivity index (χ1v) is 8.73. The number of ether oxygens (including phenoxy) is 1. The Hall–Kier alpha value is -2.33. The van der Waals surface area contributed by atoms with E-state index in [1.165, 1.54) is 5.56 Å². The monoisotopic (exact) mass is 340 g/mol. The van der Waals surface area contributed by atoms with Gasteiger partial charge in [0.25, 0.3) is 0 Å². The van der Waals surface area contributed by atoms with Gasteiger partial charge in [0.2, 0.25) is 5.91 Å². The Morgan fingerprint density at radius 3 is 2.48 bits per heavy atom. The van der Waals surface area contributed by atoms with Gasteiger partial charge in [0.05, 0.1) is 6.04 Å². The molecule has 25 heavy (non-hydrogen) atoms. The van der Waals surface area contributed by atoms with Crippen molar-refractivity contribution >= 4 is 5.91 Å². The molecule has 1 amide bonds. The van der Waals surface area contributed by atoms with E-state index in [0.29, 0.717) is 13.2 Å². The molecule has 0 saturated heterocycles. The normalized spacial score (nSPS) is 13.1. The number of carbonyl (C=O) groups is 1. The van der Waals surface area contributed by atoms with Crippen LogP contribution in [0.4, 0.5) is 0 Å². The molecule has 2 N–H and O–H groups in total. The number of carbonyl (C=O) groups excluding carboxylic acids is 1. The van der Waals surface area contributed by atoms with E-state index in [-0.39, 0.29) is 17.9 Å². The van der Waals surface area contributed by atoms with Gasteiger partial charge in [0.15, 0.2) is 0 Å². The lowest BCUT2D eigenvalue weighted by Gasteiger charge is -2.18. The quantitative estimate of drug-likeness (QED) is 0.772. The number of hydrogen-bond donors (Lipinski definition) is 2. The van der Waals surface area contributed by atoms with Gasteiger partial charge in [-0.15, -0.1) is 0 Å². The van der Waals surface area contributed by atoms with Crippen LogP contribution in [-0.2, 0) is 11.4 Å². The van der Waals surface area contributed by atoms with E-state index < -0.39 is 0 Å². The van der Waals surface area contributed by atoms with Crippen LogP contribution in [0.15, 0.2) is 48.5 Å². The van der Waals surface area contributed by atoms with Crippen molar-refractivity contribution in [3.63, 3.8) is 0 Å². The standard InChI is InChI=1S/C21H28N2O2/c1-15-6-5-7-18(12-15)14-25-20-10-8-19(9-11-20)17(3)23-21(24)16(2)13-22-4/h5-12,16-17,22H,13-14H2,1-4H3,(H,23,24). The highest BCUT2D eigenvalue weighted by Gasteiger charge is 2.15. The van der Waals surface area contributed by atoms with E-state index in [9.17, 15) is 4.79 Å². The van der Waals surface area contributed by atoms with Gasteiger partial charge in [0.1, 0.15) is 12.4 Å². The van der Waals surface area contributed by atoms with Crippen molar-refractivity contribution in [3.8, 4) is 5.75 Å². The van der Waals surface area contributed by atoms with Crippen LogP contribution in [0.2, 0.25) is 0 Å². The molecule has 2 aromatic rings. The smallest absolute Gasteiger partial charge is 0.224 e. The summed E-state index contributed by atoms with van der Waals surface area (Å²) in [5.41, 5.74) is 3.45. The average molecular weight is 340 g/mol. The molecule has 0 spiro atoms. The van der Waals surface area contributed by atoms with E-state index in [4.69, 9.17) is 4.74 Å². The SMILES string of the molecule is CNCC(C)C(=O)NC(C)c1ccc(OCc2cccc(C)c2)cc1. The maximum absolute atomic E-state index is 12.1. The van der Waals surface area contributed by atoms with E-state index in [1.54, 1.807) is 0 Å². The van der Waals surface area contributed by atoms with Crippen LogP contribution in [-0.4, -0.2) is 19.5 Å². The van der Waals surface area contributed by atoms with Crippen LogP contribution < -0.4 is 15.4 Å². The van der Waals surface area contributed by atoms with Gasteiger partial charge >= 0.3 is 0 Å². The molecule has 4 heteroatoms. The van der Waals surface area contributed by atoms with E-state index in [1.807, 2.05) is 51.2 Å². The van der Waals surface area contributed by atoms with E-state index in [0.717, 1.165) is 16.9 Å². The summed E-state index contributed by atoms with van der Waals surface area (Å²) >= 11 is 0. The highest BCUT2D eigenvalue weighted by molar-refractivity contribution is 5.78. The summed E-state index contributed by atoms with van der Waals surface area (Å²) in [6.45, 7) is 7.21. The van der Waals surface area contributed by atoms with Crippen molar-refractivity contribution in [1.29, 1.82) is 0 Å². The number of amides is 1. The first-order chi connectivity index (χ1) is 12.0. The third-order valence-electron chi connectivity index (χ3n) is 4.18. The van der Waals surface area contributed by atoms with Gasteiger partial charge in [-0.25, -0.2) is 0 Å². The molecule has 0 heterocycles. The number of nitrogens with one attached hydrogen (secondary N) is 2. The number of rotatable bonds is 8. The predicted octanol–water partition coefficient (Wildman–Crippen LogP) is 3.61. The molecule has 2 unspecified atom stereocenters. The van der Waals surface area contributed by atoms with Crippen LogP contribution in [0.3, 0.4) is 0 Å². The summed E-state index contributed by atoms with van der Waals surface area (Å²) in [4.78, 5) is 12.1. The van der Waals surface area contributed by atoms with Gasteiger partial charge in [0, 0.05) is 12.5 Å². The van der Waals surface area contributed by atoms with Crippen molar-refractivity contribution < 1.29 is 9.53 Å². The Morgan fingerprint density at radius 1 is 1.12 bits per heavy atom. The third kappa shape index (κ3) is 5.91. The Morgan fingerprint density at radius 2 is 1.84 bits per heavy atom. The lowest BCUT2D eigenvalue weighted by atomic mass is 10.1. The zero-order chi connectivity index (χ0) is 18.2. The number of benzene rings is 2. The fourth-order valence-corrected chi connectivity index (χ4v) is 2.66. The topological polar surface area (TPSA) is 50.4 Å². The highest BCUT2D eigenvalue weighted by Crippen LogP contribution is 2.19.